The van der Waals surface area contributed by atoms with Crippen LogP contribution in [-0.4, -0.2) is 43.5 Å². The number of hydrogen-bond donors (Lipinski definition) is 1. The van der Waals surface area contributed by atoms with Gasteiger partial charge in [0.25, 0.3) is 10.1 Å². The summed E-state index contributed by atoms with van der Waals surface area (Å²) >= 11 is 0. The van der Waals surface area contributed by atoms with Crippen molar-refractivity contribution in [2.75, 3.05) is 13.6 Å². The molecular weight excluding hydrogens is 655 g/mol. The number of hydrogen-bond acceptors (Lipinski definition) is 9. The monoisotopic (exact) mass is 716 g/mol. The standard InChI is InChI=1S/C36H61O10PS/c1-29(2)15-13-17-31(4)19-14-18-30(3)16-11-12-24-36(48(40,41)42)47(39,45-27-43-34(37)25-32-20-7-5-8-21-32)46-28-44-35(38)26-33-22-9-6-10-23-33/h15-16,19,32-33,36H,5-14,17-18,20-28H2,1-4H3,(H,40,41,42)/b30-16+,31-19+. The van der Waals surface area contributed by atoms with Gasteiger partial charge in [-0.05, 0) is 110 Å². The zero-order valence-corrected chi connectivity index (χ0v) is 31.5. The van der Waals surface area contributed by atoms with Gasteiger partial charge in [0.1, 0.15) is 0 Å². The van der Waals surface area contributed by atoms with Crippen molar-refractivity contribution >= 4 is 29.7 Å². The van der Waals surface area contributed by atoms with Crippen molar-refractivity contribution in [1.29, 1.82) is 0 Å². The Bertz CT molecular complexity index is 1180. The van der Waals surface area contributed by atoms with Gasteiger partial charge in [0, 0.05) is 12.8 Å². The molecule has 0 radical (unpaired) electrons. The molecule has 2 aliphatic carbocycles. The SMILES string of the molecule is CC(C)=CCC/C(C)=C/CC/C(C)=C/CCCC(P(=O)(OCOC(=O)CC1CCCCC1)OCOC(=O)CC1CCCCC1)S(=O)(=O)O. The van der Waals surface area contributed by atoms with E-state index < -0.39 is 48.2 Å². The second-order valence-corrected chi connectivity index (χ2v) is 18.0. The van der Waals surface area contributed by atoms with Crippen molar-refractivity contribution in [2.45, 2.75) is 155 Å². The van der Waals surface area contributed by atoms with Crippen molar-refractivity contribution < 1.29 is 45.6 Å². The van der Waals surface area contributed by atoms with Crippen LogP contribution in [0.1, 0.15) is 150 Å². The fourth-order valence-corrected chi connectivity index (χ4v) is 9.80. The topological polar surface area (TPSA) is 142 Å². The van der Waals surface area contributed by atoms with Crippen molar-refractivity contribution in [3.63, 3.8) is 0 Å². The molecule has 1 N–H and O–H groups in total. The highest BCUT2D eigenvalue weighted by atomic mass is 32.2. The average molecular weight is 717 g/mol. The lowest BCUT2D eigenvalue weighted by Gasteiger charge is -2.25. The average Bonchev–Trinajstić information content (AvgIpc) is 3.01. The minimum Gasteiger partial charge on any atom is -0.438 e. The first-order chi connectivity index (χ1) is 22.8. The number of carbonyl (C=O) groups is 2. The van der Waals surface area contributed by atoms with E-state index in [4.69, 9.17) is 18.5 Å². The van der Waals surface area contributed by atoms with E-state index in [-0.39, 0.29) is 37.5 Å². The first kappa shape index (κ1) is 42.4. The molecule has 0 aromatic heterocycles. The van der Waals surface area contributed by atoms with Gasteiger partial charge in [-0.25, -0.2) is 0 Å². The van der Waals surface area contributed by atoms with Gasteiger partial charge in [0.05, 0.1) is 0 Å². The Morgan fingerprint density at radius 3 is 1.60 bits per heavy atom. The molecule has 1 unspecified atom stereocenters. The molecular formula is C36H61O10PS. The molecule has 2 fully saturated rings. The van der Waals surface area contributed by atoms with E-state index in [1.165, 1.54) is 11.1 Å². The molecule has 276 valence electrons. The van der Waals surface area contributed by atoms with Crippen LogP contribution in [-0.2, 0) is 42.8 Å². The molecule has 0 aromatic carbocycles. The summed E-state index contributed by atoms with van der Waals surface area (Å²) < 4.78 is 70.1. The molecule has 10 nitrogen and oxygen atoms in total. The first-order valence-electron chi connectivity index (χ1n) is 17.9. The normalized spacial score (nSPS) is 17.9. The summed E-state index contributed by atoms with van der Waals surface area (Å²) in [7, 11) is -9.62. The second-order valence-electron chi connectivity index (χ2n) is 13.8. The lowest BCUT2D eigenvalue weighted by molar-refractivity contribution is -0.153. The number of ether oxygens (including phenoxy) is 2. The molecule has 0 aromatic rings. The maximum absolute atomic E-state index is 14.0. The highest BCUT2D eigenvalue weighted by Gasteiger charge is 2.45. The molecule has 0 aliphatic heterocycles. The van der Waals surface area contributed by atoms with E-state index in [0.29, 0.717) is 6.42 Å². The summed E-state index contributed by atoms with van der Waals surface area (Å²) in [5.74, 6) is -0.691. The van der Waals surface area contributed by atoms with Crippen LogP contribution in [0.15, 0.2) is 34.9 Å². The van der Waals surface area contributed by atoms with Gasteiger partial charge >= 0.3 is 19.5 Å². The van der Waals surface area contributed by atoms with Gasteiger partial charge in [0.15, 0.2) is 4.99 Å². The van der Waals surface area contributed by atoms with Crippen LogP contribution in [0.2, 0.25) is 0 Å². The van der Waals surface area contributed by atoms with Crippen LogP contribution in [0.5, 0.6) is 0 Å². The van der Waals surface area contributed by atoms with Gasteiger partial charge in [-0.1, -0.05) is 73.5 Å². The minimum atomic E-state index is -4.93. The molecule has 48 heavy (non-hydrogen) atoms. The molecule has 1 atom stereocenters. The lowest BCUT2D eigenvalue weighted by atomic mass is 9.87. The fraction of sp³-hybridized carbons (Fsp3) is 0.778. The third-order valence-corrected chi connectivity index (χ3v) is 13.6. The Morgan fingerprint density at radius 1 is 0.729 bits per heavy atom. The molecule has 0 saturated heterocycles. The molecule has 12 heteroatoms. The molecule has 2 saturated carbocycles. The molecule has 0 bridgehead atoms. The van der Waals surface area contributed by atoms with Crippen molar-refractivity contribution in [1.82, 2.24) is 0 Å². The Morgan fingerprint density at radius 2 is 1.17 bits per heavy atom. The maximum atomic E-state index is 14.0. The summed E-state index contributed by atoms with van der Waals surface area (Å²) in [6.07, 6.45) is 21.3. The Labute approximate surface area is 289 Å². The number of allylic oxidation sites excluding steroid dienone is 6. The maximum Gasteiger partial charge on any atom is 0.357 e. The third kappa shape index (κ3) is 18.3. The van der Waals surface area contributed by atoms with Crippen LogP contribution in [0, 0.1) is 11.8 Å². The van der Waals surface area contributed by atoms with E-state index in [9.17, 15) is 27.1 Å². The van der Waals surface area contributed by atoms with Crippen molar-refractivity contribution in [3.05, 3.63) is 34.9 Å². The largest absolute Gasteiger partial charge is 0.438 e. The summed E-state index contributed by atoms with van der Waals surface area (Å²) in [5, 5.41) is 0. The van der Waals surface area contributed by atoms with Crippen molar-refractivity contribution in [3.8, 4) is 0 Å². The highest BCUT2D eigenvalue weighted by Crippen LogP contribution is 2.56. The molecule has 2 aliphatic rings. The second kappa shape index (κ2) is 22.8. The van der Waals surface area contributed by atoms with Gasteiger partial charge in [-0.2, -0.15) is 8.42 Å². The predicted molar refractivity (Wildman–Crippen MR) is 189 cm³/mol. The fourth-order valence-electron chi connectivity index (χ4n) is 6.36. The summed E-state index contributed by atoms with van der Waals surface area (Å²) in [6, 6.07) is 0. The third-order valence-electron chi connectivity index (χ3n) is 9.23. The van der Waals surface area contributed by atoms with Crippen molar-refractivity contribution in [2.24, 2.45) is 11.8 Å². The Balaban J connectivity index is 1.99. The Hall–Kier alpha value is -1.78. The predicted octanol–water partition coefficient (Wildman–Crippen LogP) is 9.96. The molecule has 2 rings (SSSR count). The van der Waals surface area contributed by atoms with Gasteiger partial charge < -0.3 is 9.47 Å². The summed E-state index contributed by atoms with van der Waals surface area (Å²) in [4.78, 5) is 22.9. The van der Waals surface area contributed by atoms with Crippen LogP contribution < -0.4 is 0 Å². The van der Waals surface area contributed by atoms with Crippen LogP contribution in [0.4, 0.5) is 0 Å². The van der Waals surface area contributed by atoms with Crippen LogP contribution >= 0.6 is 7.60 Å². The van der Waals surface area contributed by atoms with Crippen LogP contribution in [0.3, 0.4) is 0 Å². The highest BCUT2D eigenvalue weighted by molar-refractivity contribution is 7.94. The summed E-state index contributed by atoms with van der Waals surface area (Å²) in [5.41, 5.74) is 3.79. The van der Waals surface area contributed by atoms with Crippen LogP contribution in [0.25, 0.3) is 0 Å². The van der Waals surface area contributed by atoms with Gasteiger partial charge in [-0.3, -0.25) is 27.8 Å². The first-order valence-corrected chi connectivity index (χ1v) is 21.0. The quantitative estimate of drug-likeness (QED) is 0.0287. The number of rotatable bonds is 22. The van der Waals surface area contributed by atoms with Gasteiger partial charge in [0.2, 0.25) is 13.6 Å². The molecule has 0 spiro atoms. The minimum absolute atomic E-state index is 0.186. The van der Waals surface area contributed by atoms with E-state index in [1.807, 2.05) is 13.0 Å². The lowest BCUT2D eigenvalue weighted by Crippen LogP contribution is -2.25. The zero-order valence-electron chi connectivity index (χ0n) is 29.8. The smallest absolute Gasteiger partial charge is 0.357 e. The van der Waals surface area contributed by atoms with E-state index in [2.05, 4.69) is 32.9 Å². The summed E-state index contributed by atoms with van der Waals surface area (Å²) in [6.45, 7) is 6.70. The van der Waals surface area contributed by atoms with E-state index in [0.717, 1.165) is 95.5 Å². The number of unbranched alkanes of at least 4 members (excludes halogenated alkanes) is 1. The number of esters is 2. The van der Waals surface area contributed by atoms with E-state index >= 15 is 0 Å². The number of carbonyl (C=O) groups excluding carboxylic acids is 2. The zero-order chi connectivity index (χ0) is 35.4. The molecule has 0 heterocycles. The van der Waals surface area contributed by atoms with E-state index in [1.54, 1.807) is 0 Å². The Kier molecular flexibility index (Phi) is 20.2. The molecule has 0 amide bonds. The van der Waals surface area contributed by atoms with Gasteiger partial charge in [-0.15, -0.1) is 0 Å².